The van der Waals surface area contributed by atoms with Crippen LogP contribution in [0.1, 0.15) is 10.5 Å². The Morgan fingerprint density at radius 2 is 1.96 bits per heavy atom. The molecule has 3 rings (SSSR count). The van der Waals surface area contributed by atoms with Crippen LogP contribution in [-0.4, -0.2) is 58.9 Å². The number of rotatable bonds is 2. The Labute approximate surface area is 133 Å². The highest BCUT2D eigenvalue weighted by atomic mass is 19.1. The largest absolute Gasteiger partial charge is 0.368 e. The molecular formula is C16H19FN4O2. The molecule has 2 heterocycles. The van der Waals surface area contributed by atoms with Gasteiger partial charge in [-0.25, -0.2) is 4.39 Å². The second-order valence-corrected chi connectivity index (χ2v) is 5.94. The minimum Gasteiger partial charge on any atom is -0.368 e. The molecule has 0 aliphatic carbocycles. The lowest BCUT2D eigenvalue weighted by atomic mass is 10.1. The number of carbonyl (C=O) groups excluding carboxylic acids is 2. The van der Waals surface area contributed by atoms with E-state index in [4.69, 9.17) is 5.73 Å². The first kappa shape index (κ1) is 15.5. The van der Waals surface area contributed by atoms with Crippen molar-refractivity contribution >= 4 is 22.7 Å². The van der Waals surface area contributed by atoms with Crippen LogP contribution in [0, 0.1) is 5.82 Å². The van der Waals surface area contributed by atoms with E-state index in [9.17, 15) is 14.0 Å². The van der Waals surface area contributed by atoms with Crippen LogP contribution in [0.5, 0.6) is 0 Å². The zero-order chi connectivity index (χ0) is 16.7. The summed E-state index contributed by atoms with van der Waals surface area (Å²) in [5.74, 6) is -0.955. The van der Waals surface area contributed by atoms with E-state index in [1.165, 1.54) is 12.1 Å². The van der Waals surface area contributed by atoms with Crippen molar-refractivity contribution in [3.05, 3.63) is 35.8 Å². The van der Waals surface area contributed by atoms with Gasteiger partial charge in [0.2, 0.25) is 5.91 Å². The molecule has 0 saturated carbocycles. The summed E-state index contributed by atoms with van der Waals surface area (Å²) in [6.07, 6.45) is 0. The predicted octanol–water partition coefficient (Wildman–Crippen LogP) is 0.559. The molecule has 0 radical (unpaired) electrons. The number of likely N-dealkylation sites (N-methyl/N-ethyl adjacent to an activating group) is 1. The Bertz CT molecular complexity index is 786. The van der Waals surface area contributed by atoms with Gasteiger partial charge in [0.05, 0.1) is 0 Å². The van der Waals surface area contributed by atoms with E-state index in [0.717, 1.165) is 5.52 Å². The summed E-state index contributed by atoms with van der Waals surface area (Å²) in [6, 6.07) is 5.62. The topological polar surface area (TPSA) is 71.6 Å². The third kappa shape index (κ3) is 2.68. The van der Waals surface area contributed by atoms with Gasteiger partial charge in [-0.1, -0.05) is 0 Å². The number of nitrogens with zero attached hydrogens (tertiary/aromatic N) is 3. The van der Waals surface area contributed by atoms with Gasteiger partial charge in [-0.05, 0) is 31.3 Å². The predicted molar refractivity (Wildman–Crippen MR) is 84.4 cm³/mol. The summed E-state index contributed by atoms with van der Waals surface area (Å²) in [5, 5.41) is 0.677. The maximum Gasteiger partial charge on any atom is 0.270 e. The molecule has 1 aliphatic heterocycles. The average molecular weight is 318 g/mol. The molecule has 1 fully saturated rings. The Kier molecular flexibility index (Phi) is 3.81. The Morgan fingerprint density at radius 1 is 1.22 bits per heavy atom. The number of piperazine rings is 1. The molecule has 1 aromatic carbocycles. The molecule has 0 unspecified atom stereocenters. The minimum absolute atomic E-state index is 0.177. The Hall–Kier alpha value is -2.41. The van der Waals surface area contributed by atoms with Crippen LogP contribution in [0.15, 0.2) is 24.3 Å². The van der Waals surface area contributed by atoms with Crippen LogP contribution < -0.4 is 5.73 Å². The van der Waals surface area contributed by atoms with Crippen LogP contribution in [0.2, 0.25) is 0 Å². The van der Waals surface area contributed by atoms with Crippen molar-refractivity contribution in [1.29, 1.82) is 0 Å². The normalized spacial score (nSPS) is 19.3. The van der Waals surface area contributed by atoms with Crippen LogP contribution in [0.4, 0.5) is 4.39 Å². The monoisotopic (exact) mass is 318 g/mol. The molecule has 0 spiro atoms. The molecule has 6 nitrogen and oxygen atoms in total. The first-order valence-corrected chi connectivity index (χ1v) is 7.42. The summed E-state index contributed by atoms with van der Waals surface area (Å²) in [5.41, 5.74) is 6.66. The van der Waals surface area contributed by atoms with Crippen molar-refractivity contribution in [3.63, 3.8) is 0 Å². The van der Waals surface area contributed by atoms with Gasteiger partial charge in [-0.2, -0.15) is 0 Å². The number of carbonyl (C=O) groups is 2. The maximum absolute atomic E-state index is 13.4. The molecule has 0 bridgehead atoms. The number of benzene rings is 1. The number of nitrogens with two attached hydrogens (primary N) is 1. The third-order valence-corrected chi connectivity index (χ3v) is 4.49. The van der Waals surface area contributed by atoms with Gasteiger partial charge in [0.25, 0.3) is 5.91 Å². The molecule has 2 amide bonds. The van der Waals surface area contributed by atoms with Crippen LogP contribution in [-0.2, 0) is 11.8 Å². The van der Waals surface area contributed by atoms with Crippen molar-refractivity contribution in [2.75, 3.05) is 26.7 Å². The van der Waals surface area contributed by atoms with E-state index in [2.05, 4.69) is 0 Å². The van der Waals surface area contributed by atoms with Gasteiger partial charge in [-0.3, -0.25) is 14.5 Å². The highest BCUT2D eigenvalue weighted by Crippen LogP contribution is 2.22. The molecule has 2 N–H and O–H groups in total. The van der Waals surface area contributed by atoms with E-state index in [0.29, 0.717) is 24.2 Å². The number of primary amides is 1. The summed E-state index contributed by atoms with van der Waals surface area (Å²) in [7, 11) is 3.59. The van der Waals surface area contributed by atoms with E-state index in [-0.39, 0.29) is 18.3 Å². The average Bonchev–Trinajstić information content (AvgIpc) is 2.83. The molecule has 1 saturated heterocycles. The second kappa shape index (κ2) is 5.66. The van der Waals surface area contributed by atoms with Crippen molar-refractivity contribution in [3.8, 4) is 0 Å². The van der Waals surface area contributed by atoms with Crippen LogP contribution in [0.3, 0.4) is 0 Å². The molecule has 1 aliphatic rings. The van der Waals surface area contributed by atoms with Crippen molar-refractivity contribution in [2.45, 2.75) is 6.04 Å². The molecule has 2 aromatic rings. The fourth-order valence-electron chi connectivity index (χ4n) is 3.05. The number of fused-ring (bicyclic) bond motifs is 1. The van der Waals surface area contributed by atoms with Crippen molar-refractivity contribution in [1.82, 2.24) is 14.4 Å². The van der Waals surface area contributed by atoms with Gasteiger partial charge in [-0.15, -0.1) is 0 Å². The Morgan fingerprint density at radius 3 is 2.65 bits per heavy atom. The smallest absolute Gasteiger partial charge is 0.270 e. The maximum atomic E-state index is 13.4. The van der Waals surface area contributed by atoms with E-state index in [1.54, 1.807) is 28.6 Å². The summed E-state index contributed by atoms with van der Waals surface area (Å²) in [4.78, 5) is 27.8. The van der Waals surface area contributed by atoms with Crippen LogP contribution in [0.25, 0.3) is 10.9 Å². The zero-order valence-electron chi connectivity index (χ0n) is 13.1. The molecule has 23 heavy (non-hydrogen) atoms. The zero-order valence-corrected chi connectivity index (χ0v) is 13.1. The molecular weight excluding hydrogens is 299 g/mol. The molecule has 1 atom stereocenters. The lowest BCUT2D eigenvalue weighted by molar-refractivity contribution is -0.124. The van der Waals surface area contributed by atoms with E-state index < -0.39 is 11.9 Å². The Balaban J connectivity index is 1.91. The number of hydrogen-bond acceptors (Lipinski definition) is 3. The lowest BCUT2D eigenvalue weighted by Crippen LogP contribution is -2.58. The highest BCUT2D eigenvalue weighted by Gasteiger charge is 2.32. The van der Waals surface area contributed by atoms with E-state index >= 15 is 0 Å². The summed E-state index contributed by atoms with van der Waals surface area (Å²) in [6.45, 7) is 1.37. The fraction of sp³-hybridized carbons (Fsp3) is 0.375. The second-order valence-electron chi connectivity index (χ2n) is 5.94. The molecule has 122 valence electrons. The van der Waals surface area contributed by atoms with Gasteiger partial charge in [0.15, 0.2) is 0 Å². The standard InChI is InChI=1S/C16H19FN4O2/c1-19-5-6-21(9-14(19)15(18)22)16(23)13-8-10-7-11(17)3-4-12(10)20(13)2/h3-4,7-8,14H,5-6,9H2,1-2H3,(H2,18,22)/t14-/m0/s1. The third-order valence-electron chi connectivity index (χ3n) is 4.49. The highest BCUT2D eigenvalue weighted by molar-refractivity contribution is 5.99. The van der Waals surface area contributed by atoms with Crippen molar-refractivity contribution in [2.24, 2.45) is 12.8 Å². The number of aryl methyl sites for hydroxylation is 1. The molecule has 1 aromatic heterocycles. The van der Waals surface area contributed by atoms with Crippen molar-refractivity contribution < 1.29 is 14.0 Å². The van der Waals surface area contributed by atoms with Gasteiger partial charge >= 0.3 is 0 Å². The quantitative estimate of drug-likeness (QED) is 0.879. The van der Waals surface area contributed by atoms with E-state index in [1.807, 2.05) is 11.9 Å². The first-order chi connectivity index (χ1) is 10.9. The minimum atomic E-state index is -0.486. The fourth-order valence-corrected chi connectivity index (χ4v) is 3.05. The molecule has 7 heteroatoms. The first-order valence-electron chi connectivity index (χ1n) is 7.42. The number of amides is 2. The van der Waals surface area contributed by atoms with Gasteiger partial charge in [0, 0.05) is 37.6 Å². The lowest BCUT2D eigenvalue weighted by Gasteiger charge is -2.37. The SMILES string of the molecule is CN1CCN(C(=O)c2cc3cc(F)ccc3n2C)C[C@H]1C(N)=O. The van der Waals surface area contributed by atoms with Crippen LogP contribution >= 0.6 is 0 Å². The number of hydrogen-bond donors (Lipinski definition) is 1. The van der Waals surface area contributed by atoms with Gasteiger partial charge < -0.3 is 15.2 Å². The number of aromatic nitrogens is 1. The summed E-state index contributed by atoms with van der Waals surface area (Å²) >= 11 is 0. The number of halogens is 1. The van der Waals surface area contributed by atoms with Gasteiger partial charge in [0.1, 0.15) is 17.6 Å². The summed E-state index contributed by atoms with van der Waals surface area (Å²) < 4.78 is 15.1.